The number of carbonyl (C=O) groups excluding carboxylic acids is 1. The minimum atomic E-state index is -0.0951. The standard InChI is InChI=1S/C15H22BrNO/c1-5-17(15(18)14(16)11(2)3)10-13-8-6-7-12(4)9-13/h6-9,11,14H,5,10H2,1-4H3. The van der Waals surface area contributed by atoms with Gasteiger partial charge >= 0.3 is 0 Å². The summed E-state index contributed by atoms with van der Waals surface area (Å²) in [7, 11) is 0. The fourth-order valence-electron chi connectivity index (χ4n) is 1.84. The molecule has 18 heavy (non-hydrogen) atoms. The Kier molecular flexibility index (Phi) is 5.86. The van der Waals surface area contributed by atoms with Crippen LogP contribution in [-0.4, -0.2) is 22.2 Å². The average molecular weight is 312 g/mol. The fourth-order valence-corrected chi connectivity index (χ4v) is 2.13. The van der Waals surface area contributed by atoms with Gasteiger partial charge < -0.3 is 4.90 Å². The first kappa shape index (κ1) is 15.2. The molecule has 0 spiro atoms. The van der Waals surface area contributed by atoms with Crippen LogP contribution < -0.4 is 0 Å². The van der Waals surface area contributed by atoms with E-state index in [1.807, 2.05) is 17.9 Å². The zero-order chi connectivity index (χ0) is 13.7. The lowest BCUT2D eigenvalue weighted by Crippen LogP contribution is -2.38. The molecule has 1 rings (SSSR count). The topological polar surface area (TPSA) is 20.3 Å². The highest BCUT2D eigenvalue weighted by Gasteiger charge is 2.23. The van der Waals surface area contributed by atoms with Crippen molar-refractivity contribution in [2.24, 2.45) is 5.92 Å². The van der Waals surface area contributed by atoms with E-state index in [-0.39, 0.29) is 10.7 Å². The maximum Gasteiger partial charge on any atom is 0.236 e. The Morgan fingerprint density at radius 3 is 2.56 bits per heavy atom. The Balaban J connectivity index is 2.76. The molecule has 0 aliphatic carbocycles. The molecule has 0 saturated carbocycles. The fraction of sp³-hybridized carbons (Fsp3) is 0.533. The highest BCUT2D eigenvalue weighted by molar-refractivity contribution is 9.10. The molecule has 0 aliphatic rings. The minimum Gasteiger partial charge on any atom is -0.338 e. The lowest BCUT2D eigenvalue weighted by atomic mass is 10.1. The van der Waals surface area contributed by atoms with E-state index in [1.165, 1.54) is 11.1 Å². The third-order valence-corrected chi connectivity index (χ3v) is 4.42. The van der Waals surface area contributed by atoms with E-state index < -0.39 is 0 Å². The van der Waals surface area contributed by atoms with Crippen molar-refractivity contribution in [3.05, 3.63) is 35.4 Å². The van der Waals surface area contributed by atoms with E-state index >= 15 is 0 Å². The van der Waals surface area contributed by atoms with Crippen LogP contribution in [0.5, 0.6) is 0 Å². The molecular formula is C15H22BrNO. The highest BCUT2D eigenvalue weighted by Crippen LogP contribution is 2.17. The number of halogens is 1. The second-order valence-electron chi connectivity index (χ2n) is 4.99. The first-order chi connectivity index (χ1) is 8.45. The molecule has 1 aromatic rings. The summed E-state index contributed by atoms with van der Waals surface area (Å²) in [6.07, 6.45) is 0. The smallest absolute Gasteiger partial charge is 0.236 e. The van der Waals surface area contributed by atoms with Crippen LogP contribution in [0.4, 0.5) is 0 Å². The molecule has 2 nitrogen and oxygen atoms in total. The van der Waals surface area contributed by atoms with Crippen LogP contribution in [0.15, 0.2) is 24.3 Å². The van der Waals surface area contributed by atoms with Gasteiger partial charge in [-0.2, -0.15) is 0 Å². The number of hydrogen-bond acceptors (Lipinski definition) is 1. The van der Waals surface area contributed by atoms with Crippen molar-refractivity contribution in [2.75, 3.05) is 6.54 Å². The third-order valence-electron chi connectivity index (χ3n) is 2.97. The molecule has 1 amide bonds. The summed E-state index contributed by atoms with van der Waals surface area (Å²) in [4.78, 5) is 14.1. The first-order valence-corrected chi connectivity index (χ1v) is 7.35. The largest absolute Gasteiger partial charge is 0.338 e. The maximum atomic E-state index is 12.3. The van der Waals surface area contributed by atoms with Gasteiger partial charge in [-0.1, -0.05) is 59.6 Å². The van der Waals surface area contributed by atoms with E-state index in [9.17, 15) is 4.79 Å². The van der Waals surface area contributed by atoms with Crippen molar-refractivity contribution in [2.45, 2.75) is 39.1 Å². The molecule has 0 N–H and O–H groups in total. The van der Waals surface area contributed by atoms with Gasteiger partial charge in [0.2, 0.25) is 5.91 Å². The van der Waals surface area contributed by atoms with Crippen molar-refractivity contribution in [3.8, 4) is 0 Å². The summed E-state index contributed by atoms with van der Waals surface area (Å²) in [6.45, 7) is 9.62. The predicted molar refractivity (Wildman–Crippen MR) is 79.8 cm³/mol. The molecule has 1 atom stereocenters. The summed E-state index contributed by atoms with van der Waals surface area (Å²) < 4.78 is 0. The Hall–Kier alpha value is -0.830. The minimum absolute atomic E-state index is 0.0951. The zero-order valence-electron chi connectivity index (χ0n) is 11.6. The van der Waals surface area contributed by atoms with Gasteiger partial charge in [0.15, 0.2) is 0 Å². The number of amides is 1. The number of hydrogen-bond donors (Lipinski definition) is 0. The molecule has 0 fully saturated rings. The Bertz CT molecular complexity index is 403. The number of benzene rings is 1. The molecule has 1 aromatic carbocycles. The number of rotatable bonds is 5. The molecule has 0 radical (unpaired) electrons. The summed E-state index contributed by atoms with van der Waals surface area (Å²) in [5.74, 6) is 0.484. The Labute approximate surface area is 119 Å². The van der Waals surface area contributed by atoms with Gasteiger partial charge in [-0.15, -0.1) is 0 Å². The number of nitrogens with zero attached hydrogens (tertiary/aromatic N) is 1. The summed E-state index contributed by atoms with van der Waals surface area (Å²) in [6, 6.07) is 8.32. The Morgan fingerprint density at radius 2 is 2.06 bits per heavy atom. The molecule has 0 saturated heterocycles. The van der Waals surface area contributed by atoms with Gasteiger partial charge in [-0.25, -0.2) is 0 Å². The monoisotopic (exact) mass is 311 g/mol. The highest BCUT2D eigenvalue weighted by atomic mass is 79.9. The maximum absolute atomic E-state index is 12.3. The zero-order valence-corrected chi connectivity index (χ0v) is 13.2. The van der Waals surface area contributed by atoms with Crippen molar-refractivity contribution in [3.63, 3.8) is 0 Å². The summed E-state index contributed by atoms with van der Waals surface area (Å²) in [5, 5.41) is 0. The molecule has 3 heteroatoms. The number of carbonyl (C=O) groups is 1. The van der Waals surface area contributed by atoms with Crippen LogP contribution in [0.25, 0.3) is 0 Å². The lowest BCUT2D eigenvalue weighted by molar-refractivity contribution is -0.131. The van der Waals surface area contributed by atoms with Gasteiger partial charge in [0.05, 0.1) is 4.83 Å². The van der Waals surface area contributed by atoms with Gasteiger partial charge in [-0.3, -0.25) is 4.79 Å². The quantitative estimate of drug-likeness (QED) is 0.758. The number of aryl methyl sites for hydroxylation is 1. The van der Waals surface area contributed by atoms with Crippen molar-refractivity contribution >= 4 is 21.8 Å². The Morgan fingerprint density at radius 1 is 1.39 bits per heavy atom. The van der Waals surface area contributed by atoms with Gasteiger partial charge in [0.25, 0.3) is 0 Å². The number of alkyl halides is 1. The van der Waals surface area contributed by atoms with Crippen LogP contribution in [0.3, 0.4) is 0 Å². The summed E-state index contributed by atoms with van der Waals surface area (Å²) in [5.41, 5.74) is 2.42. The van der Waals surface area contributed by atoms with Gasteiger partial charge in [-0.05, 0) is 25.3 Å². The van der Waals surface area contributed by atoms with Crippen LogP contribution in [-0.2, 0) is 11.3 Å². The molecule has 0 aromatic heterocycles. The molecule has 100 valence electrons. The van der Waals surface area contributed by atoms with Crippen molar-refractivity contribution in [1.82, 2.24) is 4.90 Å². The molecule has 0 bridgehead atoms. The van der Waals surface area contributed by atoms with E-state index in [0.29, 0.717) is 12.5 Å². The lowest BCUT2D eigenvalue weighted by Gasteiger charge is -2.25. The first-order valence-electron chi connectivity index (χ1n) is 6.44. The molecule has 1 unspecified atom stereocenters. The molecule has 0 aliphatic heterocycles. The molecule has 0 heterocycles. The van der Waals surface area contributed by atoms with Crippen LogP contribution in [0.2, 0.25) is 0 Å². The average Bonchev–Trinajstić information content (AvgIpc) is 2.34. The van der Waals surface area contributed by atoms with Gasteiger partial charge in [0.1, 0.15) is 0 Å². The third kappa shape index (κ3) is 4.13. The SMILES string of the molecule is CCN(Cc1cccc(C)c1)C(=O)C(Br)C(C)C. The second-order valence-corrected chi connectivity index (χ2v) is 5.97. The van der Waals surface area contributed by atoms with E-state index in [0.717, 1.165) is 6.54 Å². The van der Waals surface area contributed by atoms with Crippen LogP contribution >= 0.6 is 15.9 Å². The van der Waals surface area contributed by atoms with Crippen molar-refractivity contribution < 1.29 is 4.79 Å². The van der Waals surface area contributed by atoms with E-state index in [2.05, 4.69) is 54.9 Å². The molecular weight excluding hydrogens is 290 g/mol. The van der Waals surface area contributed by atoms with Gasteiger partial charge in [0, 0.05) is 13.1 Å². The normalized spacial score (nSPS) is 12.6. The van der Waals surface area contributed by atoms with Crippen LogP contribution in [0, 0.1) is 12.8 Å². The van der Waals surface area contributed by atoms with E-state index in [4.69, 9.17) is 0 Å². The summed E-state index contributed by atoms with van der Waals surface area (Å²) >= 11 is 3.49. The van der Waals surface area contributed by atoms with Crippen molar-refractivity contribution in [1.29, 1.82) is 0 Å². The second kappa shape index (κ2) is 6.93. The van der Waals surface area contributed by atoms with Crippen LogP contribution in [0.1, 0.15) is 31.9 Å². The van der Waals surface area contributed by atoms with E-state index in [1.54, 1.807) is 0 Å². The predicted octanol–water partition coefficient (Wildman–Crippen LogP) is 3.76.